The number of anilines is 9. The van der Waals surface area contributed by atoms with E-state index < -0.39 is 8.07 Å². The molecule has 7 aromatic carbocycles. The molecule has 69 heavy (non-hydrogen) atoms. The third-order valence-corrected chi connectivity index (χ3v) is 16.7. The highest BCUT2D eigenvalue weighted by Gasteiger charge is 2.46. The van der Waals surface area contributed by atoms with Crippen LogP contribution >= 0.6 is 0 Å². The van der Waals surface area contributed by atoms with Crippen molar-refractivity contribution >= 4 is 93.2 Å². The minimum absolute atomic E-state index is 0.0299. The minimum atomic E-state index is -1.91. The number of rotatable bonds is 7. The maximum atomic E-state index is 2.58. The first-order valence-corrected chi connectivity index (χ1v) is 28.2. The Labute approximate surface area is 411 Å². The van der Waals surface area contributed by atoms with Gasteiger partial charge in [0.15, 0.2) is 0 Å². The fourth-order valence-electron chi connectivity index (χ4n) is 10.9. The van der Waals surface area contributed by atoms with Crippen LogP contribution in [0.15, 0.2) is 182 Å². The second-order valence-corrected chi connectivity index (χ2v) is 27.6. The summed E-state index contributed by atoms with van der Waals surface area (Å²) in [7, 11) is -1.91. The summed E-state index contributed by atoms with van der Waals surface area (Å²) >= 11 is 0. The van der Waals surface area contributed by atoms with E-state index in [9.17, 15) is 0 Å². The zero-order valence-corrected chi connectivity index (χ0v) is 43.2. The highest BCUT2D eigenvalue weighted by atomic mass is 28.3. The summed E-state index contributed by atoms with van der Waals surface area (Å²) in [5.41, 5.74) is 22.3. The lowest BCUT2D eigenvalue weighted by Crippen LogP contribution is -2.62. The molecule has 6 heteroatoms. The van der Waals surface area contributed by atoms with Crippen molar-refractivity contribution in [3.63, 3.8) is 0 Å². The molecule has 342 valence electrons. The van der Waals surface area contributed by atoms with Gasteiger partial charge in [-0.25, -0.2) is 0 Å². The van der Waals surface area contributed by atoms with Gasteiger partial charge in [-0.05, 0) is 142 Å². The first-order valence-electron chi connectivity index (χ1n) is 24.7. The molecule has 11 rings (SSSR count). The van der Waals surface area contributed by atoms with Crippen LogP contribution in [-0.4, -0.2) is 19.2 Å². The summed E-state index contributed by atoms with van der Waals surface area (Å²) in [6.45, 7) is 25.8. The summed E-state index contributed by atoms with van der Waals surface area (Å²) in [4.78, 5) is 7.67. The molecule has 0 unspecified atom stereocenters. The number of nitrogens with zero attached hydrogens (tertiary/aromatic N) is 4. The van der Waals surface area contributed by atoms with E-state index in [2.05, 4.69) is 276 Å². The number of benzene rings is 7. The summed E-state index contributed by atoms with van der Waals surface area (Å²) in [6, 6.07) is 66.6. The van der Waals surface area contributed by atoms with Gasteiger partial charge in [0.25, 0.3) is 6.71 Å². The third kappa shape index (κ3) is 7.52. The Hall–Kier alpha value is -7.02. The van der Waals surface area contributed by atoms with Gasteiger partial charge in [-0.1, -0.05) is 169 Å². The minimum Gasteiger partial charge on any atom is -0.311 e. The number of fused-ring (bicyclic) bond motifs is 6. The summed E-state index contributed by atoms with van der Waals surface area (Å²) in [6.07, 6.45) is 2.27. The number of aryl methyl sites for hydroxylation is 2. The monoisotopic (exact) mass is 914 g/mol. The zero-order valence-electron chi connectivity index (χ0n) is 42.2. The Kier molecular flexibility index (Phi) is 10.5. The van der Waals surface area contributed by atoms with Crippen molar-refractivity contribution in [1.82, 2.24) is 4.40 Å². The van der Waals surface area contributed by atoms with E-state index in [0.717, 1.165) is 17.1 Å². The summed E-state index contributed by atoms with van der Waals surface area (Å²) < 4.78 is 2.46. The molecular formula is C63H63BN4Si. The lowest BCUT2D eigenvalue weighted by atomic mass is 9.34. The largest absolute Gasteiger partial charge is 0.311 e. The molecule has 0 amide bonds. The molecule has 9 aromatic rings. The highest BCUT2D eigenvalue weighted by Crippen LogP contribution is 2.48. The molecule has 2 aliphatic rings. The zero-order chi connectivity index (χ0) is 48.1. The second kappa shape index (κ2) is 16.3. The molecule has 0 fully saturated rings. The fraction of sp³-hybridized carbons (Fsp3) is 0.206. The molecule has 4 heterocycles. The number of hydrogen-bond donors (Lipinski definition) is 0. The lowest BCUT2D eigenvalue weighted by molar-refractivity contribution is 0.590. The quantitative estimate of drug-likeness (QED) is 0.148. The van der Waals surface area contributed by atoms with Crippen LogP contribution in [0.5, 0.6) is 0 Å². The van der Waals surface area contributed by atoms with E-state index in [-0.39, 0.29) is 17.5 Å². The van der Waals surface area contributed by atoms with Gasteiger partial charge < -0.3 is 14.2 Å². The van der Waals surface area contributed by atoms with E-state index in [1.165, 1.54) is 94.7 Å². The van der Waals surface area contributed by atoms with Crippen molar-refractivity contribution in [2.45, 2.75) is 85.9 Å². The Balaban J connectivity index is 1.23. The van der Waals surface area contributed by atoms with Crippen molar-refractivity contribution in [1.29, 1.82) is 0 Å². The van der Waals surface area contributed by atoms with Crippen LogP contribution in [0.4, 0.5) is 51.3 Å². The van der Waals surface area contributed by atoms with Crippen LogP contribution in [0.1, 0.15) is 63.8 Å². The normalized spacial score (nSPS) is 13.3. The molecule has 0 aliphatic carbocycles. The van der Waals surface area contributed by atoms with E-state index in [1.54, 1.807) is 0 Å². The molecule has 2 aromatic heterocycles. The molecule has 2 aliphatic heterocycles. The molecule has 0 N–H and O–H groups in total. The van der Waals surface area contributed by atoms with Gasteiger partial charge in [-0.2, -0.15) is 0 Å². The van der Waals surface area contributed by atoms with Crippen molar-refractivity contribution in [3.05, 3.63) is 204 Å². The van der Waals surface area contributed by atoms with Gasteiger partial charge in [-0.3, -0.25) is 4.90 Å². The fourth-order valence-corrected chi connectivity index (χ4v) is 12.1. The topological polar surface area (TPSA) is 14.1 Å². The molecule has 4 nitrogen and oxygen atoms in total. The van der Waals surface area contributed by atoms with Crippen LogP contribution in [0.2, 0.25) is 19.6 Å². The van der Waals surface area contributed by atoms with Gasteiger partial charge in [0.1, 0.15) is 5.82 Å². The molecule has 0 saturated carbocycles. The number of hydrogen-bond acceptors (Lipinski definition) is 3. The van der Waals surface area contributed by atoms with E-state index in [1.807, 2.05) is 0 Å². The Morgan fingerprint density at radius 3 is 1.57 bits per heavy atom. The number of para-hydroxylation sites is 2. The van der Waals surface area contributed by atoms with E-state index in [0.29, 0.717) is 0 Å². The maximum absolute atomic E-state index is 2.58. The predicted molar refractivity (Wildman–Crippen MR) is 301 cm³/mol. The van der Waals surface area contributed by atoms with Gasteiger partial charge >= 0.3 is 0 Å². The molecule has 0 spiro atoms. The van der Waals surface area contributed by atoms with Crippen molar-refractivity contribution in [2.24, 2.45) is 0 Å². The summed E-state index contributed by atoms with van der Waals surface area (Å²) in [5, 5.41) is 1.43. The lowest BCUT2D eigenvalue weighted by Gasteiger charge is -2.44. The highest BCUT2D eigenvalue weighted by molar-refractivity contribution is 7.00. The Bertz CT molecular complexity index is 3370. The van der Waals surface area contributed by atoms with Crippen LogP contribution < -0.4 is 36.3 Å². The number of aromatic nitrogens is 1. The molecule has 0 bridgehead atoms. The van der Waals surface area contributed by atoms with Gasteiger partial charge in [0.2, 0.25) is 0 Å². The van der Waals surface area contributed by atoms with Gasteiger partial charge in [0, 0.05) is 57.3 Å². The van der Waals surface area contributed by atoms with Crippen molar-refractivity contribution in [2.75, 3.05) is 14.7 Å². The standard InChI is InChI=1S/C63H63BN4Si/c1-42-36-45(62(3,4)5)29-33-54(42)67(55-34-30-46(37-43(55)2)63(6,7)8)49-31-32-52-57(38-49)66(47-24-17-13-18-25-47)58-39-50(69(9,10)11)40-59-60(58)64(52)53-41-56-51(44-22-15-12-16-23-44)28-21-35-65(56)61(53)68(59)48-26-19-14-20-27-48/h12-41H,1-11H3. The van der Waals surface area contributed by atoms with E-state index >= 15 is 0 Å². The van der Waals surface area contributed by atoms with Gasteiger partial charge in [-0.15, -0.1) is 0 Å². The average Bonchev–Trinajstić information content (AvgIpc) is 3.71. The SMILES string of the molecule is Cc1cc(C(C)(C)C)ccc1N(c1ccc2c(c1)N(c1ccccc1)c1cc([Si](C)(C)C)cc3c1B2c1cc2c(-c4ccccc4)cccn2c1N3c1ccccc1)c1ccc(C(C)(C)C)cc1C. The Morgan fingerprint density at radius 2 is 1.03 bits per heavy atom. The third-order valence-electron chi connectivity index (χ3n) is 14.7. The molecule has 0 radical (unpaired) electrons. The van der Waals surface area contributed by atoms with Crippen molar-refractivity contribution in [3.8, 4) is 11.1 Å². The predicted octanol–water partition coefficient (Wildman–Crippen LogP) is 14.9. The van der Waals surface area contributed by atoms with Crippen LogP contribution in [0.3, 0.4) is 0 Å². The molecule has 0 atom stereocenters. The first kappa shape index (κ1) is 44.5. The maximum Gasteiger partial charge on any atom is 0.254 e. The van der Waals surface area contributed by atoms with Crippen LogP contribution in [0, 0.1) is 13.8 Å². The first-order chi connectivity index (χ1) is 33.0. The smallest absolute Gasteiger partial charge is 0.254 e. The van der Waals surface area contributed by atoms with E-state index in [4.69, 9.17) is 0 Å². The molecule has 0 saturated heterocycles. The van der Waals surface area contributed by atoms with Crippen LogP contribution in [-0.2, 0) is 10.8 Å². The number of pyridine rings is 1. The molecular weight excluding hydrogens is 852 g/mol. The van der Waals surface area contributed by atoms with Crippen LogP contribution in [0.25, 0.3) is 16.6 Å². The average molecular weight is 915 g/mol. The van der Waals surface area contributed by atoms with Gasteiger partial charge in [0.05, 0.1) is 13.6 Å². The Morgan fingerprint density at radius 1 is 0.493 bits per heavy atom. The second-order valence-electron chi connectivity index (χ2n) is 22.5. The summed E-state index contributed by atoms with van der Waals surface area (Å²) in [5.74, 6) is 1.19. The van der Waals surface area contributed by atoms with Crippen molar-refractivity contribution < 1.29 is 0 Å².